The predicted octanol–water partition coefficient (Wildman–Crippen LogP) is 5.72. The molecule has 8 heterocycles. The minimum absolute atomic E-state index is 0. The molecule has 14 aromatic rings. The van der Waals surface area contributed by atoms with E-state index in [1.54, 1.807) is 122 Å². The Balaban J connectivity index is 0. The standard InChI is InChI=1S/4C10H8N2.6C9H10O3.2Nd.4H2O/c4*1-3-7-11-9(5-1)10-6-2-4-8-12-10;6*10-8-4-1-7(2-5-8)3-6-9(11)12;;;;;;/h4*1-8H;6*1-2,4-5,10H,3,6H2,(H,11,12);;;4*1H2/q;;;;;;;;;;2*+3;;;;/p-6. The number of aliphatic carboxylic acids is 6. The summed E-state index contributed by atoms with van der Waals surface area (Å²) in [5.74, 6) is -5.19. The molecular weight excluding hydrogens is 1880 g/mol. The van der Waals surface area contributed by atoms with E-state index >= 15 is 0 Å². The minimum Gasteiger partial charge on any atom is -0.550 e. The van der Waals surface area contributed by atoms with E-state index < -0.39 is 35.8 Å². The molecule has 14 rings (SSSR count). The second kappa shape index (κ2) is 69.1. The van der Waals surface area contributed by atoms with E-state index in [0.717, 1.165) is 78.9 Å². The van der Waals surface area contributed by atoms with Crippen molar-refractivity contribution in [2.75, 3.05) is 0 Å². The molecule has 0 aliphatic heterocycles. The summed E-state index contributed by atoms with van der Waals surface area (Å²) >= 11 is 0. The minimum atomic E-state index is -1.05. The van der Waals surface area contributed by atoms with Gasteiger partial charge in [-0.3, -0.25) is 39.9 Å². The SMILES string of the molecule is O.O.O.O.O=C([O-])CCc1ccc(O)cc1.O=C([O-])CCc1ccc(O)cc1.O=C([O-])CCc1ccc(O)cc1.O=C([O-])CCc1ccc(O)cc1.O=C([O-])CCc1ccc(O)cc1.O=C([O-])CCc1ccc(O)cc1.[Nd+3].[Nd+3].c1ccc(-c2ccccn2)nc1.c1ccc(-c2ccccn2)nc1.c1ccc(-c2ccccn2)nc1.c1ccc(-c2ccccn2)nc1. The molecule has 30 nitrogen and oxygen atoms in total. The van der Waals surface area contributed by atoms with Crippen LogP contribution in [-0.4, -0.2) is 128 Å². The molecule has 0 amide bonds. The number of nitrogens with zero attached hydrogens (tertiary/aromatic N) is 8. The Bertz CT molecular complexity index is 4270. The number of aryl methyl sites for hydroxylation is 6. The Morgan fingerprint density at radius 3 is 0.365 bits per heavy atom. The molecule has 0 saturated heterocycles. The second-order valence-electron chi connectivity index (χ2n) is 25.0. The number of phenolic OH excluding ortho intramolecular Hbond substituents is 6. The van der Waals surface area contributed by atoms with Gasteiger partial charge in [0.15, 0.2) is 0 Å². The summed E-state index contributed by atoms with van der Waals surface area (Å²) in [7, 11) is 0. The zero-order chi connectivity index (χ0) is 86.8. The Morgan fingerprint density at radius 2 is 0.286 bits per heavy atom. The molecule has 8 aromatic heterocycles. The smallest absolute Gasteiger partial charge is 0.550 e. The number of benzene rings is 6. The second-order valence-corrected chi connectivity index (χ2v) is 25.0. The van der Waals surface area contributed by atoms with E-state index in [1.165, 1.54) is 72.8 Å². The van der Waals surface area contributed by atoms with Gasteiger partial charge in [-0.05, 0) is 280 Å². The van der Waals surface area contributed by atoms with Crippen LogP contribution in [0.4, 0.5) is 0 Å². The molecule has 0 bridgehead atoms. The molecule has 650 valence electrons. The van der Waals surface area contributed by atoms with Crippen LogP contribution in [-0.2, 0) is 67.3 Å². The molecule has 32 heteroatoms. The first-order chi connectivity index (χ1) is 58.0. The van der Waals surface area contributed by atoms with Gasteiger partial charge in [0.05, 0.1) is 45.6 Å². The molecule has 14 N–H and O–H groups in total. The molecular formula is C94H94N8Nd2O22. The molecule has 0 aliphatic rings. The summed E-state index contributed by atoms with van der Waals surface area (Å²) in [5, 5.41) is 114. The predicted molar refractivity (Wildman–Crippen MR) is 453 cm³/mol. The maximum absolute atomic E-state index is 10.1. The first kappa shape index (κ1) is 115. The van der Waals surface area contributed by atoms with E-state index in [4.69, 9.17) is 30.6 Å². The van der Waals surface area contributed by atoms with Crippen molar-refractivity contribution < 1.29 is 194 Å². The van der Waals surface area contributed by atoms with Crippen molar-refractivity contribution in [2.24, 2.45) is 0 Å². The Labute approximate surface area is 793 Å². The number of pyridine rings is 8. The van der Waals surface area contributed by atoms with Gasteiger partial charge in [-0.1, -0.05) is 121 Å². The van der Waals surface area contributed by atoms with Crippen molar-refractivity contribution in [1.82, 2.24) is 39.9 Å². The number of hydrogen-bond donors (Lipinski definition) is 6. The average Bonchev–Trinajstić information content (AvgIpc) is 0.903. The first-order valence-corrected chi connectivity index (χ1v) is 37.1. The summed E-state index contributed by atoms with van der Waals surface area (Å²) in [6.45, 7) is 0. The largest absolute Gasteiger partial charge is 3.00 e. The van der Waals surface area contributed by atoms with Gasteiger partial charge in [0.25, 0.3) is 0 Å². The third-order valence-corrected chi connectivity index (χ3v) is 15.7. The fraction of sp³-hybridized carbons (Fsp3) is 0.128. The molecule has 2 radical (unpaired) electrons. The van der Waals surface area contributed by atoms with Gasteiger partial charge in [0, 0.05) is 85.4 Å². The van der Waals surface area contributed by atoms with E-state index in [0.29, 0.717) is 38.5 Å². The molecule has 0 unspecified atom stereocenters. The summed E-state index contributed by atoms with van der Waals surface area (Å²) in [6, 6.07) is 85.1. The Hall–Kier alpha value is -13.3. The summed E-state index contributed by atoms with van der Waals surface area (Å²) < 4.78 is 0. The van der Waals surface area contributed by atoms with Gasteiger partial charge in [-0.2, -0.15) is 0 Å². The van der Waals surface area contributed by atoms with Crippen LogP contribution in [0.1, 0.15) is 71.9 Å². The number of phenols is 6. The Morgan fingerprint density at radius 1 is 0.183 bits per heavy atom. The van der Waals surface area contributed by atoms with Crippen molar-refractivity contribution >= 4 is 35.8 Å². The number of carbonyl (C=O) groups excluding carboxylic acids is 6. The van der Waals surface area contributed by atoms with Crippen molar-refractivity contribution in [2.45, 2.75) is 77.0 Å². The van der Waals surface area contributed by atoms with Gasteiger partial charge < -0.3 is 112 Å². The van der Waals surface area contributed by atoms with Crippen LogP contribution in [0.25, 0.3) is 45.6 Å². The zero-order valence-corrected chi connectivity index (χ0v) is 74.4. The topological polar surface area (TPSA) is 591 Å². The average molecular weight is 1980 g/mol. The van der Waals surface area contributed by atoms with E-state index in [-0.39, 0.29) is 177 Å². The zero-order valence-electron chi connectivity index (χ0n) is 68.0. The third-order valence-electron chi connectivity index (χ3n) is 15.7. The number of hydrogen-bond acceptors (Lipinski definition) is 26. The normalized spacial score (nSPS) is 9.21. The first-order valence-electron chi connectivity index (χ1n) is 37.1. The number of aromatic hydroxyl groups is 6. The monoisotopic (exact) mass is 1970 g/mol. The van der Waals surface area contributed by atoms with Crippen LogP contribution < -0.4 is 30.6 Å². The van der Waals surface area contributed by atoms with Gasteiger partial charge in [0.2, 0.25) is 0 Å². The molecule has 0 saturated carbocycles. The van der Waals surface area contributed by atoms with Crippen LogP contribution in [0.5, 0.6) is 34.5 Å². The molecule has 6 aromatic carbocycles. The number of rotatable bonds is 22. The quantitative estimate of drug-likeness (QED) is 0.0472. The van der Waals surface area contributed by atoms with Crippen LogP contribution in [0, 0.1) is 81.7 Å². The van der Waals surface area contributed by atoms with E-state index in [1.807, 2.05) is 146 Å². The van der Waals surface area contributed by atoms with Crippen molar-refractivity contribution in [1.29, 1.82) is 0 Å². The molecule has 0 atom stereocenters. The molecule has 126 heavy (non-hydrogen) atoms. The van der Waals surface area contributed by atoms with E-state index in [9.17, 15) is 59.4 Å². The molecule has 0 aliphatic carbocycles. The maximum Gasteiger partial charge on any atom is 3.00 e. The fourth-order valence-corrected chi connectivity index (χ4v) is 9.57. The van der Waals surface area contributed by atoms with Gasteiger partial charge >= 0.3 is 81.7 Å². The van der Waals surface area contributed by atoms with Crippen molar-refractivity contribution in [3.8, 4) is 80.0 Å². The number of aromatic nitrogens is 8. The van der Waals surface area contributed by atoms with E-state index in [2.05, 4.69) is 39.9 Å². The van der Waals surface area contributed by atoms with Crippen molar-refractivity contribution in [3.05, 3.63) is 374 Å². The fourth-order valence-electron chi connectivity index (χ4n) is 9.57. The summed E-state index contributed by atoms with van der Waals surface area (Å²) in [5.41, 5.74) is 12.6. The third kappa shape index (κ3) is 54.2. The number of carboxylic acids is 6. The van der Waals surface area contributed by atoms with Crippen LogP contribution >= 0.6 is 0 Å². The van der Waals surface area contributed by atoms with Gasteiger partial charge in [-0.15, -0.1) is 0 Å². The molecule has 0 fully saturated rings. The molecule has 0 spiro atoms. The summed E-state index contributed by atoms with van der Waals surface area (Å²) in [6.07, 6.45) is 16.9. The van der Waals surface area contributed by atoms with Crippen molar-refractivity contribution in [3.63, 3.8) is 0 Å². The van der Waals surface area contributed by atoms with Crippen LogP contribution in [0.3, 0.4) is 0 Å². The Kier molecular flexibility index (Phi) is 62.9. The van der Waals surface area contributed by atoms with Crippen LogP contribution in [0.2, 0.25) is 0 Å². The maximum atomic E-state index is 10.1. The van der Waals surface area contributed by atoms with Crippen LogP contribution in [0.15, 0.2) is 341 Å². The van der Waals surface area contributed by atoms with Gasteiger partial charge in [0.1, 0.15) is 34.5 Å². The number of carboxylic acid groups (broad SMARTS) is 6. The number of carbonyl (C=O) groups is 6. The summed E-state index contributed by atoms with van der Waals surface area (Å²) in [4.78, 5) is 94.0. The van der Waals surface area contributed by atoms with Gasteiger partial charge in [-0.25, -0.2) is 0 Å².